The molecular formula is C17H15NS. The summed E-state index contributed by atoms with van der Waals surface area (Å²) in [4.78, 5) is 5.17. The molecule has 2 heterocycles. The van der Waals surface area contributed by atoms with E-state index >= 15 is 0 Å². The van der Waals surface area contributed by atoms with Crippen LogP contribution >= 0.6 is 11.8 Å². The molecule has 2 heteroatoms. The summed E-state index contributed by atoms with van der Waals surface area (Å²) in [7, 11) is 2.20. The van der Waals surface area contributed by atoms with E-state index in [1.54, 1.807) is 0 Å². The Morgan fingerprint density at radius 1 is 0.789 bits per heavy atom. The lowest BCUT2D eigenvalue weighted by Crippen LogP contribution is -2.14. The Bertz CT molecular complexity index is 630. The van der Waals surface area contributed by atoms with Gasteiger partial charge in [0, 0.05) is 22.9 Å². The molecule has 1 nitrogen and oxygen atoms in total. The SMILES string of the molecule is CN1CC2=C(C1)c1ccccc1Sc1ccccc12. The monoisotopic (exact) mass is 265 g/mol. The molecule has 0 saturated heterocycles. The zero-order valence-corrected chi connectivity index (χ0v) is 11.7. The lowest BCUT2D eigenvalue weighted by Gasteiger charge is -2.12. The molecule has 0 aliphatic carbocycles. The molecule has 0 bridgehead atoms. The van der Waals surface area contributed by atoms with E-state index < -0.39 is 0 Å². The van der Waals surface area contributed by atoms with Crippen LogP contribution in [0.3, 0.4) is 0 Å². The Hall–Kier alpha value is -1.51. The van der Waals surface area contributed by atoms with Crippen molar-refractivity contribution >= 4 is 22.9 Å². The van der Waals surface area contributed by atoms with Crippen molar-refractivity contribution in [2.24, 2.45) is 0 Å². The van der Waals surface area contributed by atoms with Gasteiger partial charge in [-0.1, -0.05) is 48.2 Å². The number of hydrogen-bond acceptors (Lipinski definition) is 2. The van der Waals surface area contributed by atoms with Gasteiger partial charge in [-0.3, -0.25) is 4.90 Å². The fourth-order valence-electron chi connectivity index (χ4n) is 3.01. The predicted molar refractivity (Wildman–Crippen MR) is 81.3 cm³/mol. The van der Waals surface area contributed by atoms with Crippen LogP contribution in [0, 0.1) is 0 Å². The summed E-state index contributed by atoms with van der Waals surface area (Å²) in [6.07, 6.45) is 0. The van der Waals surface area contributed by atoms with Crippen molar-refractivity contribution in [3.8, 4) is 0 Å². The smallest absolute Gasteiger partial charge is 0.0244 e. The lowest BCUT2D eigenvalue weighted by atomic mass is 9.97. The number of benzene rings is 2. The molecule has 19 heavy (non-hydrogen) atoms. The average Bonchev–Trinajstić information content (AvgIpc) is 2.76. The Balaban J connectivity index is 2.02. The highest BCUT2D eigenvalue weighted by atomic mass is 32.2. The zero-order chi connectivity index (χ0) is 12.8. The van der Waals surface area contributed by atoms with Gasteiger partial charge in [-0.25, -0.2) is 0 Å². The first kappa shape index (κ1) is 11.3. The van der Waals surface area contributed by atoms with Gasteiger partial charge in [0.2, 0.25) is 0 Å². The van der Waals surface area contributed by atoms with Gasteiger partial charge < -0.3 is 0 Å². The molecule has 94 valence electrons. The number of hydrogen-bond donors (Lipinski definition) is 0. The highest BCUT2D eigenvalue weighted by Gasteiger charge is 2.27. The second-order valence-electron chi connectivity index (χ2n) is 5.22. The lowest BCUT2D eigenvalue weighted by molar-refractivity contribution is 0.442. The topological polar surface area (TPSA) is 3.24 Å². The number of nitrogens with zero attached hydrogens (tertiary/aromatic N) is 1. The van der Waals surface area contributed by atoms with Crippen molar-refractivity contribution in [3.05, 3.63) is 59.7 Å². The van der Waals surface area contributed by atoms with Gasteiger partial charge in [0.25, 0.3) is 0 Å². The highest BCUT2D eigenvalue weighted by Crippen LogP contribution is 2.46. The maximum atomic E-state index is 2.40. The van der Waals surface area contributed by atoms with Gasteiger partial charge in [0.15, 0.2) is 0 Å². The number of rotatable bonds is 0. The summed E-state index contributed by atoms with van der Waals surface area (Å²) < 4.78 is 0. The van der Waals surface area contributed by atoms with Crippen LogP contribution in [0.1, 0.15) is 11.1 Å². The van der Waals surface area contributed by atoms with Crippen molar-refractivity contribution in [2.45, 2.75) is 9.79 Å². The Morgan fingerprint density at radius 3 is 1.79 bits per heavy atom. The van der Waals surface area contributed by atoms with Crippen LogP contribution in [0.2, 0.25) is 0 Å². The summed E-state index contributed by atoms with van der Waals surface area (Å²) in [6.45, 7) is 2.11. The third-order valence-corrected chi connectivity index (χ3v) is 5.02. The van der Waals surface area contributed by atoms with E-state index in [0.717, 1.165) is 13.1 Å². The highest BCUT2D eigenvalue weighted by molar-refractivity contribution is 7.99. The van der Waals surface area contributed by atoms with Crippen LogP contribution in [0.25, 0.3) is 11.1 Å². The quantitative estimate of drug-likeness (QED) is 0.708. The summed E-state index contributed by atoms with van der Waals surface area (Å²) in [6, 6.07) is 17.6. The molecule has 0 atom stereocenters. The molecule has 2 aromatic rings. The first-order chi connectivity index (χ1) is 9.33. The summed E-state index contributed by atoms with van der Waals surface area (Å²) in [5.74, 6) is 0. The maximum absolute atomic E-state index is 2.40. The van der Waals surface area contributed by atoms with E-state index in [1.807, 2.05) is 11.8 Å². The van der Waals surface area contributed by atoms with Gasteiger partial charge in [0.1, 0.15) is 0 Å². The predicted octanol–water partition coefficient (Wildman–Crippen LogP) is 4.01. The Labute approximate surface area is 117 Å². The minimum absolute atomic E-state index is 1.06. The van der Waals surface area contributed by atoms with E-state index in [1.165, 1.54) is 32.1 Å². The van der Waals surface area contributed by atoms with E-state index in [-0.39, 0.29) is 0 Å². The van der Waals surface area contributed by atoms with Crippen molar-refractivity contribution in [1.82, 2.24) is 4.90 Å². The van der Waals surface area contributed by atoms with Crippen molar-refractivity contribution in [2.75, 3.05) is 20.1 Å². The van der Waals surface area contributed by atoms with Crippen LogP contribution in [0.15, 0.2) is 58.3 Å². The van der Waals surface area contributed by atoms with Gasteiger partial charge in [-0.15, -0.1) is 0 Å². The summed E-state index contributed by atoms with van der Waals surface area (Å²) in [5.41, 5.74) is 5.86. The second-order valence-corrected chi connectivity index (χ2v) is 6.31. The molecule has 0 radical (unpaired) electrons. The van der Waals surface area contributed by atoms with E-state index in [2.05, 4.69) is 60.5 Å². The van der Waals surface area contributed by atoms with Crippen molar-refractivity contribution in [3.63, 3.8) is 0 Å². The van der Waals surface area contributed by atoms with Gasteiger partial charge >= 0.3 is 0 Å². The molecule has 0 aromatic heterocycles. The summed E-state index contributed by atoms with van der Waals surface area (Å²) in [5, 5.41) is 0. The molecule has 0 amide bonds. The average molecular weight is 265 g/mol. The van der Waals surface area contributed by atoms with Crippen molar-refractivity contribution < 1.29 is 0 Å². The standard InChI is InChI=1S/C17H15NS/c1-18-10-14-12-6-2-4-8-16(12)19-17-9-5-3-7-13(17)15(14)11-18/h2-9H,10-11H2,1H3. The Kier molecular flexibility index (Phi) is 2.54. The van der Waals surface area contributed by atoms with Gasteiger partial charge in [-0.2, -0.15) is 0 Å². The third kappa shape index (κ3) is 1.75. The number of likely N-dealkylation sites (N-methyl/N-ethyl adjacent to an activating group) is 1. The fraction of sp³-hybridized carbons (Fsp3) is 0.176. The molecule has 2 aromatic carbocycles. The minimum Gasteiger partial charge on any atom is -0.298 e. The van der Waals surface area contributed by atoms with Crippen LogP contribution < -0.4 is 0 Å². The molecule has 0 saturated carbocycles. The molecule has 2 aliphatic rings. The molecule has 2 aliphatic heterocycles. The minimum atomic E-state index is 1.06. The largest absolute Gasteiger partial charge is 0.298 e. The molecule has 0 N–H and O–H groups in total. The first-order valence-corrected chi connectivity index (χ1v) is 7.42. The molecular weight excluding hydrogens is 250 g/mol. The van der Waals surface area contributed by atoms with E-state index in [4.69, 9.17) is 0 Å². The normalized spacial score (nSPS) is 17.7. The number of fused-ring (bicyclic) bond motifs is 4. The first-order valence-electron chi connectivity index (χ1n) is 6.60. The second kappa shape index (κ2) is 4.26. The van der Waals surface area contributed by atoms with Gasteiger partial charge in [-0.05, 0) is 41.5 Å². The summed E-state index contributed by atoms with van der Waals surface area (Å²) >= 11 is 1.90. The van der Waals surface area contributed by atoms with Crippen LogP contribution in [0.5, 0.6) is 0 Å². The molecule has 0 spiro atoms. The van der Waals surface area contributed by atoms with E-state index in [9.17, 15) is 0 Å². The van der Waals surface area contributed by atoms with Gasteiger partial charge in [0.05, 0.1) is 0 Å². The third-order valence-electron chi connectivity index (χ3n) is 3.86. The zero-order valence-electron chi connectivity index (χ0n) is 10.9. The maximum Gasteiger partial charge on any atom is 0.0244 e. The molecule has 0 fully saturated rings. The van der Waals surface area contributed by atoms with Crippen LogP contribution in [-0.4, -0.2) is 25.0 Å². The Morgan fingerprint density at radius 2 is 1.26 bits per heavy atom. The fourth-order valence-corrected chi connectivity index (χ4v) is 4.14. The van der Waals surface area contributed by atoms with E-state index in [0.29, 0.717) is 0 Å². The molecule has 4 rings (SSSR count). The van der Waals surface area contributed by atoms with Crippen molar-refractivity contribution in [1.29, 1.82) is 0 Å². The van der Waals surface area contributed by atoms with Crippen LogP contribution in [-0.2, 0) is 0 Å². The van der Waals surface area contributed by atoms with Crippen LogP contribution in [0.4, 0.5) is 0 Å². The molecule has 0 unspecified atom stereocenters.